The molecule has 4 aliphatic rings. The molecule has 10 heteroatoms. The van der Waals surface area contributed by atoms with Crippen molar-refractivity contribution in [1.29, 1.82) is 0 Å². The Morgan fingerprint density at radius 2 is 1.73 bits per heavy atom. The average molecular weight is 713 g/mol. The number of hydrogen-bond donors (Lipinski definition) is 3. The van der Waals surface area contributed by atoms with Crippen LogP contribution in [0.5, 0.6) is 5.75 Å². The highest BCUT2D eigenvalue weighted by atomic mass is 19.4. The summed E-state index contributed by atoms with van der Waals surface area (Å²) >= 11 is 0. The van der Waals surface area contributed by atoms with Crippen molar-refractivity contribution in [3.8, 4) is 5.75 Å². The number of nitrogens with zero attached hydrogens (tertiary/aromatic N) is 1. The molecule has 2 bridgehead atoms. The molecule has 3 N–H and O–H groups in total. The minimum absolute atomic E-state index is 0.00175. The van der Waals surface area contributed by atoms with E-state index in [1.165, 1.54) is 29.8 Å². The average Bonchev–Trinajstić information content (AvgIpc) is 3.32. The molecule has 4 aliphatic carbocycles. The summed E-state index contributed by atoms with van der Waals surface area (Å²) in [5.74, 6) is -0.416. The molecule has 0 aliphatic heterocycles. The van der Waals surface area contributed by atoms with Gasteiger partial charge in [-0.3, -0.25) is 4.79 Å². The van der Waals surface area contributed by atoms with Crippen molar-refractivity contribution in [2.24, 2.45) is 11.3 Å². The lowest BCUT2D eigenvalue weighted by Crippen LogP contribution is -2.55. The molecule has 0 spiro atoms. The number of Topliss-reactive ketones (excluding diaryl/α,β-unsaturated/α-hetero) is 1. The number of benzene rings is 2. The molecular weight excluding hydrogens is 657 g/mol. The number of halogens is 3. The molecule has 0 saturated heterocycles. The second-order valence-corrected chi connectivity index (χ2v) is 15.8. The summed E-state index contributed by atoms with van der Waals surface area (Å²) < 4.78 is 42.5. The highest BCUT2D eigenvalue weighted by Crippen LogP contribution is 2.59. The van der Waals surface area contributed by atoms with E-state index in [1.54, 1.807) is 4.90 Å². The summed E-state index contributed by atoms with van der Waals surface area (Å²) in [4.78, 5) is 29.6. The van der Waals surface area contributed by atoms with E-state index in [0.29, 0.717) is 49.7 Å². The molecular formula is C41H55F3N2O5. The lowest BCUT2D eigenvalue weighted by atomic mass is 9.64. The van der Waals surface area contributed by atoms with Crippen LogP contribution in [-0.4, -0.2) is 57.6 Å². The minimum Gasteiger partial charge on any atom is -0.406 e. The second kappa shape index (κ2) is 16.1. The lowest BCUT2D eigenvalue weighted by molar-refractivity contribution is -0.274. The predicted molar refractivity (Wildman–Crippen MR) is 192 cm³/mol. The van der Waals surface area contributed by atoms with Crippen molar-refractivity contribution in [2.45, 2.75) is 141 Å². The van der Waals surface area contributed by atoms with Crippen LogP contribution in [0.4, 0.5) is 18.0 Å². The van der Waals surface area contributed by atoms with E-state index in [0.717, 1.165) is 49.7 Å². The van der Waals surface area contributed by atoms with Crippen LogP contribution in [0, 0.1) is 11.3 Å². The quantitative estimate of drug-likeness (QED) is 0.188. The number of hydrogen-bond acceptors (Lipinski definition) is 5. The third kappa shape index (κ3) is 9.55. The second-order valence-electron chi connectivity index (χ2n) is 15.8. The number of alkyl halides is 3. The molecule has 2 saturated carbocycles. The Morgan fingerprint density at radius 1 is 1.02 bits per heavy atom. The number of carbonyl (C=O) groups is 2. The maximum Gasteiger partial charge on any atom is 0.573 e. The number of aliphatic hydroxyl groups is 2. The smallest absolute Gasteiger partial charge is 0.406 e. The van der Waals surface area contributed by atoms with Crippen molar-refractivity contribution >= 4 is 11.8 Å². The molecule has 51 heavy (non-hydrogen) atoms. The summed E-state index contributed by atoms with van der Waals surface area (Å²) in [5.41, 5.74) is 2.24. The molecule has 0 heterocycles. The van der Waals surface area contributed by atoms with Gasteiger partial charge in [-0.2, -0.15) is 0 Å². The number of aliphatic hydroxyl groups excluding tert-OH is 1. The van der Waals surface area contributed by atoms with Crippen LogP contribution in [0.3, 0.4) is 0 Å². The first-order valence-electron chi connectivity index (χ1n) is 18.7. The zero-order chi connectivity index (χ0) is 37.0. The van der Waals surface area contributed by atoms with Gasteiger partial charge in [0.1, 0.15) is 5.75 Å². The van der Waals surface area contributed by atoms with Crippen molar-refractivity contribution in [3.63, 3.8) is 0 Å². The molecule has 6 rings (SSSR count). The number of fused-ring (bicyclic) bond motifs is 8. The number of allylic oxidation sites excluding steroid dienone is 2. The number of ether oxygens (including phenoxy) is 1. The Bertz CT molecular complexity index is 1550. The standard InChI is InChI=1S/C41H55F3N2O5/c1-27(2)45-38(49)46(25-29-13-17-33(18-14-29)51-41(42,43)44)26-40(50)22-20-36-34-19-15-30(24-35(34)37(48)31-10-6-5-7-11-31)23-32(47)16-12-28(3)9-8-21-39(36,40)4/h9,13-15,17-19,24,27,31-32,36,47,50H,5-8,10-12,16,20-23,25-26H2,1-4H3,(H,45,49). The molecule has 0 aromatic heterocycles. The van der Waals surface area contributed by atoms with E-state index in [9.17, 15) is 33.0 Å². The van der Waals surface area contributed by atoms with Gasteiger partial charge in [-0.05, 0) is 119 Å². The number of urea groups is 1. The van der Waals surface area contributed by atoms with Crippen LogP contribution in [0.2, 0.25) is 0 Å². The molecule has 4 unspecified atom stereocenters. The number of amides is 2. The van der Waals surface area contributed by atoms with Crippen LogP contribution in [-0.2, 0) is 13.0 Å². The van der Waals surface area contributed by atoms with Gasteiger partial charge in [0, 0.05) is 29.5 Å². The first kappa shape index (κ1) is 38.9. The number of carbonyl (C=O) groups excluding carboxylic acids is 2. The van der Waals surface area contributed by atoms with Gasteiger partial charge in [-0.1, -0.05) is 62.1 Å². The molecule has 2 amide bonds. The van der Waals surface area contributed by atoms with E-state index < -0.39 is 23.5 Å². The zero-order valence-corrected chi connectivity index (χ0v) is 30.5. The van der Waals surface area contributed by atoms with E-state index in [4.69, 9.17) is 0 Å². The largest absolute Gasteiger partial charge is 0.573 e. The van der Waals surface area contributed by atoms with E-state index in [-0.39, 0.29) is 48.5 Å². The van der Waals surface area contributed by atoms with E-state index in [2.05, 4.69) is 30.0 Å². The first-order valence-corrected chi connectivity index (χ1v) is 18.7. The van der Waals surface area contributed by atoms with E-state index in [1.807, 2.05) is 32.0 Å². The molecule has 2 aromatic carbocycles. The fourth-order valence-corrected chi connectivity index (χ4v) is 8.67. The Balaban J connectivity index is 1.53. The zero-order valence-electron chi connectivity index (χ0n) is 30.5. The van der Waals surface area contributed by atoms with Gasteiger partial charge in [-0.25, -0.2) is 4.79 Å². The monoisotopic (exact) mass is 712 g/mol. The van der Waals surface area contributed by atoms with Crippen LogP contribution >= 0.6 is 0 Å². The van der Waals surface area contributed by atoms with Gasteiger partial charge in [0.05, 0.1) is 18.2 Å². The lowest BCUT2D eigenvalue weighted by Gasteiger charge is -2.46. The number of ketones is 1. The summed E-state index contributed by atoms with van der Waals surface area (Å²) in [6.45, 7) is 7.92. The molecule has 280 valence electrons. The summed E-state index contributed by atoms with van der Waals surface area (Å²) in [7, 11) is 0. The molecule has 2 aromatic rings. The fraction of sp³-hybridized carbons (Fsp3) is 0.610. The summed E-state index contributed by atoms with van der Waals surface area (Å²) in [6, 6.07) is 10.9. The van der Waals surface area contributed by atoms with Gasteiger partial charge in [0.2, 0.25) is 0 Å². The SMILES string of the molecule is CC1=CCCC2(C)C(CCC2(O)CN(Cc2ccc(OC(F)(F)F)cc2)C(=O)NC(C)C)c2ccc(cc2C(=O)C2CCCCC2)CC(O)CC1. The Labute approximate surface area is 300 Å². The Morgan fingerprint density at radius 3 is 2.39 bits per heavy atom. The predicted octanol–water partition coefficient (Wildman–Crippen LogP) is 9.01. The molecule has 0 radical (unpaired) electrons. The van der Waals surface area contributed by atoms with Crippen LogP contribution in [0.25, 0.3) is 0 Å². The van der Waals surface area contributed by atoms with Crippen LogP contribution in [0.1, 0.15) is 131 Å². The number of nitrogens with one attached hydrogen (secondary N) is 1. The normalized spacial score (nSPS) is 26.3. The molecule has 7 nitrogen and oxygen atoms in total. The maximum atomic E-state index is 14.3. The van der Waals surface area contributed by atoms with Gasteiger partial charge in [-0.15, -0.1) is 13.2 Å². The van der Waals surface area contributed by atoms with Gasteiger partial charge in [0.15, 0.2) is 5.78 Å². The van der Waals surface area contributed by atoms with Crippen molar-refractivity contribution in [3.05, 3.63) is 76.4 Å². The highest BCUT2D eigenvalue weighted by Gasteiger charge is 2.57. The van der Waals surface area contributed by atoms with Gasteiger partial charge < -0.3 is 25.2 Å². The topological polar surface area (TPSA) is 99.1 Å². The third-order valence-electron chi connectivity index (χ3n) is 11.6. The minimum atomic E-state index is -4.81. The van der Waals surface area contributed by atoms with Crippen molar-refractivity contribution in [2.75, 3.05) is 6.54 Å². The Kier molecular flexibility index (Phi) is 12.3. The van der Waals surface area contributed by atoms with Crippen LogP contribution < -0.4 is 10.1 Å². The third-order valence-corrected chi connectivity index (χ3v) is 11.6. The van der Waals surface area contributed by atoms with Crippen molar-refractivity contribution in [1.82, 2.24) is 10.2 Å². The first-order chi connectivity index (χ1) is 24.1. The maximum absolute atomic E-state index is 14.3. The molecule has 2 fully saturated rings. The fourth-order valence-electron chi connectivity index (χ4n) is 8.67. The highest BCUT2D eigenvalue weighted by molar-refractivity contribution is 5.99. The van der Waals surface area contributed by atoms with Crippen LogP contribution in [0.15, 0.2) is 54.1 Å². The Hall–Kier alpha value is -3.37. The van der Waals surface area contributed by atoms with Crippen molar-refractivity contribution < 1.29 is 37.7 Å². The summed E-state index contributed by atoms with van der Waals surface area (Å²) in [5, 5.41) is 26.7. The van der Waals surface area contributed by atoms with Gasteiger partial charge in [0.25, 0.3) is 0 Å². The summed E-state index contributed by atoms with van der Waals surface area (Å²) in [6.07, 6.45) is 5.91. The van der Waals surface area contributed by atoms with E-state index >= 15 is 0 Å². The van der Waals surface area contributed by atoms with Gasteiger partial charge >= 0.3 is 12.4 Å². The number of rotatable bonds is 8. The molecule has 4 atom stereocenters.